The molecule has 8 nitrogen and oxygen atoms in total. The molecule has 0 radical (unpaired) electrons. The van der Waals surface area contributed by atoms with Crippen LogP contribution in [0, 0.1) is 5.92 Å². The highest BCUT2D eigenvalue weighted by atomic mass is 16.5. The Bertz CT molecular complexity index is 789. The van der Waals surface area contributed by atoms with Gasteiger partial charge in [-0.3, -0.25) is 4.79 Å². The summed E-state index contributed by atoms with van der Waals surface area (Å²) in [6.07, 6.45) is 1.54. The molecule has 146 valence electrons. The van der Waals surface area contributed by atoms with Crippen LogP contribution in [-0.4, -0.2) is 46.3 Å². The number of rotatable bonds is 5. The molecule has 0 aliphatic carbocycles. The lowest BCUT2D eigenvalue weighted by atomic mass is 9.93. The Balaban J connectivity index is 2.04. The van der Waals surface area contributed by atoms with E-state index < -0.39 is 0 Å². The van der Waals surface area contributed by atoms with Gasteiger partial charge < -0.3 is 15.4 Å². The molecule has 8 heteroatoms. The van der Waals surface area contributed by atoms with E-state index in [2.05, 4.69) is 42.4 Å². The number of nitrogens with zero attached hydrogens (tertiary/aromatic N) is 4. The first-order chi connectivity index (χ1) is 12.8. The van der Waals surface area contributed by atoms with Gasteiger partial charge in [-0.2, -0.15) is 0 Å². The third kappa shape index (κ3) is 3.95. The first-order valence-corrected chi connectivity index (χ1v) is 9.38. The predicted molar refractivity (Wildman–Crippen MR) is 100 cm³/mol. The number of piperidine rings is 1. The summed E-state index contributed by atoms with van der Waals surface area (Å²) in [5.41, 5.74) is 6.32. The minimum Gasteiger partial charge on any atom is -0.496 e. The normalized spacial score (nSPS) is 21.6. The molecular weight excluding hydrogens is 344 g/mol. The predicted octanol–water partition coefficient (Wildman–Crippen LogP) is 0.306. The van der Waals surface area contributed by atoms with Gasteiger partial charge in [0.1, 0.15) is 5.75 Å². The maximum atomic E-state index is 11.6. The third-order valence-corrected chi connectivity index (χ3v) is 5.28. The molecule has 1 aromatic heterocycles. The fourth-order valence-corrected chi connectivity index (χ4v) is 3.86. The molecule has 2 aromatic rings. The van der Waals surface area contributed by atoms with Crippen molar-refractivity contribution in [1.82, 2.24) is 20.2 Å². The van der Waals surface area contributed by atoms with Crippen LogP contribution >= 0.6 is 0 Å². The SMILES string of the molecule is COc1ccccc1[C@H](c1nnnn1C(C)(C)C)[NH+]1CCC(C(N)=O)CC1. The van der Waals surface area contributed by atoms with Crippen LogP contribution in [0.5, 0.6) is 5.75 Å². The summed E-state index contributed by atoms with van der Waals surface area (Å²) in [6.45, 7) is 7.91. The van der Waals surface area contributed by atoms with Crippen LogP contribution in [0.2, 0.25) is 0 Å². The number of benzene rings is 1. The molecule has 3 N–H and O–H groups in total. The molecule has 0 spiro atoms. The molecule has 1 saturated heterocycles. The molecule has 1 amide bonds. The Morgan fingerprint density at radius 1 is 1.30 bits per heavy atom. The van der Waals surface area contributed by atoms with Crippen LogP contribution in [-0.2, 0) is 10.3 Å². The lowest BCUT2D eigenvalue weighted by Gasteiger charge is -2.34. The lowest BCUT2D eigenvalue weighted by molar-refractivity contribution is -0.931. The first-order valence-electron chi connectivity index (χ1n) is 9.38. The maximum Gasteiger partial charge on any atom is 0.220 e. The number of quaternary nitrogens is 1. The quantitative estimate of drug-likeness (QED) is 0.785. The molecular formula is C19H29N6O2+. The van der Waals surface area contributed by atoms with E-state index in [4.69, 9.17) is 10.5 Å². The van der Waals surface area contributed by atoms with E-state index in [0.29, 0.717) is 0 Å². The fourth-order valence-electron chi connectivity index (χ4n) is 3.86. The van der Waals surface area contributed by atoms with Crippen molar-refractivity contribution in [1.29, 1.82) is 0 Å². The molecule has 3 rings (SSSR count). The topological polar surface area (TPSA) is 100 Å². The summed E-state index contributed by atoms with van der Waals surface area (Å²) < 4.78 is 7.52. The van der Waals surface area contributed by atoms with Crippen molar-refractivity contribution in [2.75, 3.05) is 20.2 Å². The number of hydrogen-bond donors (Lipinski definition) is 2. The molecule has 1 aromatic carbocycles. The molecule has 1 aliphatic rings. The Hall–Kier alpha value is -2.48. The Kier molecular flexibility index (Phi) is 5.46. The number of likely N-dealkylation sites (tertiary alicyclic amines) is 1. The van der Waals surface area contributed by atoms with E-state index >= 15 is 0 Å². The number of carbonyl (C=O) groups is 1. The number of nitrogens with one attached hydrogen (secondary N) is 1. The van der Waals surface area contributed by atoms with Crippen molar-refractivity contribution in [2.24, 2.45) is 11.7 Å². The molecule has 27 heavy (non-hydrogen) atoms. The van der Waals surface area contributed by atoms with Crippen molar-refractivity contribution in [3.63, 3.8) is 0 Å². The third-order valence-electron chi connectivity index (χ3n) is 5.28. The molecule has 1 atom stereocenters. The monoisotopic (exact) mass is 373 g/mol. The Labute approximate surface area is 159 Å². The number of para-hydroxylation sites is 1. The van der Waals surface area contributed by atoms with E-state index in [1.807, 2.05) is 22.9 Å². The van der Waals surface area contributed by atoms with E-state index in [1.54, 1.807) is 7.11 Å². The van der Waals surface area contributed by atoms with Gasteiger partial charge >= 0.3 is 0 Å². The minimum absolute atomic E-state index is 0.0503. The summed E-state index contributed by atoms with van der Waals surface area (Å²) in [5, 5.41) is 12.6. The number of nitrogens with two attached hydrogens (primary N) is 1. The molecule has 1 fully saturated rings. The Morgan fingerprint density at radius 2 is 1.96 bits per heavy atom. The zero-order chi connectivity index (χ0) is 19.6. The summed E-state index contributed by atoms with van der Waals surface area (Å²) in [7, 11) is 1.68. The highest BCUT2D eigenvalue weighted by molar-refractivity contribution is 5.76. The number of tetrazole rings is 1. The summed E-state index contributed by atoms with van der Waals surface area (Å²) in [4.78, 5) is 12.9. The highest BCUT2D eigenvalue weighted by Gasteiger charge is 2.38. The number of carbonyl (C=O) groups excluding carboxylic acids is 1. The molecule has 0 bridgehead atoms. The lowest BCUT2D eigenvalue weighted by Crippen LogP contribution is -3.13. The number of aromatic nitrogens is 4. The second kappa shape index (κ2) is 7.64. The van der Waals surface area contributed by atoms with Crippen LogP contribution in [0.3, 0.4) is 0 Å². The number of methoxy groups -OCH3 is 1. The summed E-state index contributed by atoms with van der Waals surface area (Å²) in [5.74, 6) is 1.36. The zero-order valence-electron chi connectivity index (χ0n) is 16.5. The van der Waals surface area contributed by atoms with Gasteiger partial charge in [-0.25, -0.2) is 4.68 Å². The van der Waals surface area contributed by atoms with Gasteiger partial charge in [0, 0.05) is 18.8 Å². The molecule has 1 aliphatic heterocycles. The second-order valence-corrected chi connectivity index (χ2v) is 8.13. The molecule has 0 unspecified atom stereocenters. The van der Waals surface area contributed by atoms with Crippen LogP contribution in [0.15, 0.2) is 24.3 Å². The van der Waals surface area contributed by atoms with E-state index in [9.17, 15) is 4.79 Å². The standard InChI is InChI=1S/C19H28N6O2/c1-19(2,3)25-18(21-22-23-25)16(14-7-5-6-8-15(14)27-4)24-11-9-13(10-12-24)17(20)26/h5-8,13,16H,9-12H2,1-4H3,(H2,20,26)/p+1/t16-/m1/s1. The van der Waals surface area contributed by atoms with Gasteiger partial charge in [0.25, 0.3) is 0 Å². The van der Waals surface area contributed by atoms with E-state index in [0.717, 1.165) is 43.1 Å². The van der Waals surface area contributed by atoms with Crippen molar-refractivity contribution in [3.05, 3.63) is 35.7 Å². The van der Waals surface area contributed by atoms with E-state index in [1.165, 1.54) is 4.90 Å². The summed E-state index contributed by atoms with van der Waals surface area (Å²) >= 11 is 0. The zero-order valence-corrected chi connectivity index (χ0v) is 16.5. The smallest absolute Gasteiger partial charge is 0.220 e. The highest BCUT2D eigenvalue weighted by Crippen LogP contribution is 2.29. The van der Waals surface area contributed by atoms with Gasteiger partial charge in [-0.1, -0.05) is 12.1 Å². The van der Waals surface area contributed by atoms with Gasteiger partial charge in [0.05, 0.1) is 31.3 Å². The minimum atomic E-state index is -0.246. The fraction of sp³-hybridized carbons (Fsp3) is 0.579. The average molecular weight is 373 g/mol. The van der Waals surface area contributed by atoms with Crippen molar-refractivity contribution < 1.29 is 14.4 Å². The first kappa shape index (κ1) is 19.3. The van der Waals surface area contributed by atoms with Gasteiger partial charge in [-0.15, -0.1) is 5.10 Å². The van der Waals surface area contributed by atoms with E-state index in [-0.39, 0.29) is 23.4 Å². The Morgan fingerprint density at radius 3 is 2.56 bits per heavy atom. The van der Waals surface area contributed by atoms with Crippen LogP contribution in [0.1, 0.15) is 51.0 Å². The summed E-state index contributed by atoms with van der Waals surface area (Å²) in [6, 6.07) is 7.91. The average Bonchev–Trinajstić information content (AvgIpc) is 3.12. The number of amides is 1. The van der Waals surface area contributed by atoms with Gasteiger partial charge in [0.2, 0.25) is 11.7 Å². The maximum absolute atomic E-state index is 11.6. The van der Waals surface area contributed by atoms with Crippen LogP contribution < -0.4 is 15.4 Å². The molecule has 0 saturated carbocycles. The molecule has 2 heterocycles. The van der Waals surface area contributed by atoms with Crippen molar-refractivity contribution >= 4 is 5.91 Å². The number of primary amides is 1. The second-order valence-electron chi connectivity index (χ2n) is 8.13. The number of ether oxygens (including phenoxy) is 1. The van der Waals surface area contributed by atoms with Crippen LogP contribution in [0.4, 0.5) is 0 Å². The van der Waals surface area contributed by atoms with Crippen LogP contribution in [0.25, 0.3) is 0 Å². The van der Waals surface area contributed by atoms with Gasteiger partial charge in [-0.05, 0) is 43.3 Å². The van der Waals surface area contributed by atoms with Crippen molar-refractivity contribution in [2.45, 2.75) is 45.2 Å². The van der Waals surface area contributed by atoms with Crippen molar-refractivity contribution in [3.8, 4) is 5.75 Å². The number of hydrogen-bond acceptors (Lipinski definition) is 5. The largest absolute Gasteiger partial charge is 0.496 e. The van der Waals surface area contributed by atoms with Gasteiger partial charge in [0.15, 0.2) is 6.04 Å².